The van der Waals surface area contributed by atoms with Crippen LogP contribution in [0.25, 0.3) is 0 Å². The first-order valence-electron chi connectivity index (χ1n) is 8.35. The van der Waals surface area contributed by atoms with Gasteiger partial charge in [0.15, 0.2) is 0 Å². The second-order valence-electron chi connectivity index (χ2n) is 6.90. The molecule has 3 aliphatic heterocycles. The molecule has 2 unspecified atom stereocenters. The second kappa shape index (κ2) is 5.61. The van der Waals surface area contributed by atoms with E-state index in [1.54, 1.807) is 0 Å². The topological polar surface area (TPSA) is 70.2 Å². The largest absolute Gasteiger partial charge is 0.453 e. The Labute approximate surface area is 152 Å². The summed E-state index contributed by atoms with van der Waals surface area (Å²) in [6.45, 7) is 2.07. The van der Waals surface area contributed by atoms with Crippen molar-refractivity contribution in [3.8, 4) is 0 Å². The Morgan fingerprint density at radius 3 is 2.59 bits per heavy atom. The molecule has 3 aliphatic rings. The number of anilines is 1. The highest BCUT2D eigenvalue weighted by Crippen LogP contribution is 2.46. The van der Waals surface area contributed by atoms with Crippen LogP contribution in [-0.4, -0.2) is 59.6 Å². The second-order valence-corrected chi connectivity index (χ2v) is 6.90. The fourth-order valence-electron chi connectivity index (χ4n) is 4.41. The van der Waals surface area contributed by atoms with Crippen molar-refractivity contribution in [2.24, 2.45) is 5.92 Å². The number of carbonyl (C=O) groups is 3. The fraction of sp³-hybridized carbons (Fsp3) is 0.471. The number of amides is 4. The molecule has 7 nitrogen and oxygen atoms in total. The third kappa shape index (κ3) is 2.31. The molecule has 4 amide bonds. The third-order valence-corrected chi connectivity index (χ3v) is 5.60. The first-order chi connectivity index (χ1) is 12.7. The predicted octanol–water partition coefficient (Wildman–Crippen LogP) is 2.31. The molecule has 3 heterocycles. The van der Waals surface area contributed by atoms with Crippen LogP contribution in [0.15, 0.2) is 24.3 Å². The lowest BCUT2D eigenvalue weighted by Crippen LogP contribution is -2.54. The number of nitrogens with zero attached hydrogens (tertiary/aromatic N) is 3. The highest BCUT2D eigenvalue weighted by atomic mass is 19.4. The molecule has 27 heavy (non-hydrogen) atoms. The fourth-order valence-corrected chi connectivity index (χ4v) is 4.41. The van der Waals surface area contributed by atoms with Gasteiger partial charge in [0.25, 0.3) is 5.91 Å². The van der Waals surface area contributed by atoms with Crippen LogP contribution in [0.1, 0.15) is 12.5 Å². The van der Waals surface area contributed by atoms with Crippen LogP contribution >= 0.6 is 0 Å². The van der Waals surface area contributed by atoms with Gasteiger partial charge >= 0.3 is 18.3 Å². The molecule has 2 bridgehead atoms. The number of urea groups is 1. The van der Waals surface area contributed by atoms with Crippen LogP contribution in [0, 0.1) is 5.92 Å². The molecule has 0 aliphatic carbocycles. The summed E-state index contributed by atoms with van der Waals surface area (Å²) in [4.78, 5) is 41.4. The Morgan fingerprint density at radius 1 is 1.26 bits per heavy atom. The smallest absolute Gasteiger partial charge is 0.416 e. The van der Waals surface area contributed by atoms with Crippen LogP contribution in [0.4, 0.5) is 28.4 Å². The van der Waals surface area contributed by atoms with Gasteiger partial charge in [0.05, 0.1) is 30.4 Å². The quantitative estimate of drug-likeness (QED) is 0.698. The number of hydrogen-bond donors (Lipinski definition) is 0. The van der Waals surface area contributed by atoms with Gasteiger partial charge < -0.3 is 14.5 Å². The SMILES string of the molecule is COC(=O)N1CC2[C@@H](C)C1[C@@H]1C(=O)N(c3cccc(C(F)(F)F)c3)C(=O)N21. The number of alkyl halides is 3. The molecule has 0 aromatic heterocycles. The number of halogens is 3. The Hall–Kier alpha value is -2.78. The number of fused-ring (bicyclic) bond motifs is 5. The Kier molecular flexibility index (Phi) is 3.66. The van der Waals surface area contributed by atoms with E-state index in [1.165, 1.54) is 23.0 Å². The number of likely N-dealkylation sites (tertiary alicyclic amines) is 1. The molecule has 0 saturated carbocycles. The van der Waals surface area contributed by atoms with E-state index >= 15 is 0 Å². The van der Waals surface area contributed by atoms with Gasteiger partial charge in [-0.1, -0.05) is 13.0 Å². The maximum atomic E-state index is 13.0. The van der Waals surface area contributed by atoms with Gasteiger partial charge in [-0.05, 0) is 18.2 Å². The number of piperazine rings is 1. The molecule has 4 atom stereocenters. The first-order valence-corrected chi connectivity index (χ1v) is 8.35. The third-order valence-electron chi connectivity index (χ3n) is 5.60. The zero-order valence-electron chi connectivity index (χ0n) is 14.4. The van der Waals surface area contributed by atoms with Crippen molar-refractivity contribution in [1.29, 1.82) is 0 Å². The van der Waals surface area contributed by atoms with Crippen molar-refractivity contribution in [2.45, 2.75) is 31.2 Å². The monoisotopic (exact) mass is 383 g/mol. The molecule has 3 saturated heterocycles. The van der Waals surface area contributed by atoms with Crippen molar-refractivity contribution in [1.82, 2.24) is 9.80 Å². The van der Waals surface area contributed by atoms with E-state index in [0.29, 0.717) is 0 Å². The lowest BCUT2D eigenvalue weighted by Gasteiger charge is -2.33. The summed E-state index contributed by atoms with van der Waals surface area (Å²) >= 11 is 0. The van der Waals surface area contributed by atoms with E-state index in [-0.39, 0.29) is 24.2 Å². The summed E-state index contributed by atoms with van der Waals surface area (Å²) in [6.07, 6.45) is -5.18. The van der Waals surface area contributed by atoms with E-state index < -0.39 is 41.9 Å². The Bertz CT molecular complexity index is 843. The summed E-state index contributed by atoms with van der Waals surface area (Å²) < 4.78 is 43.7. The number of ether oxygens (including phenoxy) is 1. The van der Waals surface area contributed by atoms with Gasteiger partial charge in [-0.15, -0.1) is 0 Å². The van der Waals surface area contributed by atoms with Crippen LogP contribution in [0.5, 0.6) is 0 Å². The van der Waals surface area contributed by atoms with Gasteiger partial charge in [0.2, 0.25) is 0 Å². The maximum absolute atomic E-state index is 13.0. The summed E-state index contributed by atoms with van der Waals surface area (Å²) in [5.74, 6) is -0.766. The molecule has 10 heteroatoms. The van der Waals surface area contributed by atoms with E-state index in [2.05, 4.69) is 0 Å². The van der Waals surface area contributed by atoms with Crippen LogP contribution < -0.4 is 4.90 Å². The number of rotatable bonds is 1. The van der Waals surface area contributed by atoms with Crippen molar-refractivity contribution < 1.29 is 32.3 Å². The number of benzene rings is 1. The van der Waals surface area contributed by atoms with E-state index in [1.807, 2.05) is 6.92 Å². The summed E-state index contributed by atoms with van der Waals surface area (Å²) in [5, 5.41) is 0. The summed E-state index contributed by atoms with van der Waals surface area (Å²) in [6, 6.07) is 1.58. The standard InChI is InChI=1S/C17H16F3N3O4/c1-8-11-7-21(16(26)27-2)12(8)13-14(24)22(15(25)23(11)13)10-5-3-4-9(6-10)17(18,19)20/h3-6,8,11-13H,7H2,1-2H3/t8-,11?,12?,13-/m1/s1. The average Bonchev–Trinajstić information content (AvgIpc) is 3.19. The van der Waals surface area contributed by atoms with Gasteiger partial charge in [-0.25, -0.2) is 14.5 Å². The van der Waals surface area contributed by atoms with Crippen molar-refractivity contribution >= 4 is 23.7 Å². The maximum Gasteiger partial charge on any atom is 0.416 e. The molecule has 0 radical (unpaired) electrons. The Morgan fingerprint density at radius 2 is 1.96 bits per heavy atom. The van der Waals surface area contributed by atoms with Crippen LogP contribution in [0.3, 0.4) is 0 Å². The van der Waals surface area contributed by atoms with E-state index in [0.717, 1.165) is 23.1 Å². The van der Waals surface area contributed by atoms with Crippen molar-refractivity contribution in [2.75, 3.05) is 18.6 Å². The zero-order valence-corrected chi connectivity index (χ0v) is 14.4. The Balaban J connectivity index is 1.70. The first kappa shape index (κ1) is 17.6. The van der Waals surface area contributed by atoms with Gasteiger partial charge in [-0.2, -0.15) is 13.2 Å². The summed E-state index contributed by atoms with van der Waals surface area (Å²) in [5.41, 5.74) is -1.08. The van der Waals surface area contributed by atoms with Crippen LogP contribution in [-0.2, 0) is 15.7 Å². The van der Waals surface area contributed by atoms with Crippen molar-refractivity contribution in [3.63, 3.8) is 0 Å². The number of methoxy groups -OCH3 is 1. The molecular formula is C17H16F3N3O4. The minimum Gasteiger partial charge on any atom is -0.453 e. The average molecular weight is 383 g/mol. The van der Waals surface area contributed by atoms with Crippen molar-refractivity contribution in [3.05, 3.63) is 29.8 Å². The molecule has 144 valence electrons. The minimum atomic E-state index is -4.59. The molecule has 1 aromatic carbocycles. The molecule has 4 rings (SSSR count). The lowest BCUT2D eigenvalue weighted by molar-refractivity contribution is -0.137. The molecule has 3 fully saturated rings. The molecule has 1 aromatic rings. The molecule has 0 N–H and O–H groups in total. The molecule has 0 spiro atoms. The molecular weight excluding hydrogens is 367 g/mol. The lowest BCUT2D eigenvalue weighted by atomic mass is 9.99. The summed E-state index contributed by atoms with van der Waals surface area (Å²) in [7, 11) is 1.23. The van der Waals surface area contributed by atoms with Crippen LogP contribution in [0.2, 0.25) is 0 Å². The normalized spacial score (nSPS) is 29.6. The highest BCUT2D eigenvalue weighted by molar-refractivity contribution is 6.22. The van der Waals surface area contributed by atoms with Gasteiger partial charge in [0, 0.05) is 12.5 Å². The zero-order chi connectivity index (χ0) is 19.7. The van der Waals surface area contributed by atoms with Gasteiger partial charge in [-0.3, -0.25) is 4.79 Å². The highest BCUT2D eigenvalue weighted by Gasteiger charge is 2.66. The van der Waals surface area contributed by atoms with E-state index in [9.17, 15) is 27.6 Å². The minimum absolute atomic E-state index is 0.133. The van der Waals surface area contributed by atoms with Gasteiger partial charge in [0.1, 0.15) is 6.04 Å². The number of carbonyl (C=O) groups excluding carboxylic acids is 3. The van der Waals surface area contributed by atoms with E-state index in [4.69, 9.17) is 4.74 Å². The number of hydrogen-bond acceptors (Lipinski definition) is 4. The number of imide groups is 1. The predicted molar refractivity (Wildman–Crippen MR) is 85.8 cm³/mol.